The third-order valence-corrected chi connectivity index (χ3v) is 3.73. The predicted octanol–water partition coefficient (Wildman–Crippen LogP) is 1.32. The van der Waals surface area contributed by atoms with Gasteiger partial charge in [-0.1, -0.05) is 0 Å². The normalized spacial score (nSPS) is 28.2. The number of hydrogen-bond donors (Lipinski definition) is 2. The molecule has 3 heteroatoms. The van der Waals surface area contributed by atoms with Crippen molar-refractivity contribution >= 4 is 11.3 Å². The maximum absolute atomic E-state index is 9.62. The summed E-state index contributed by atoms with van der Waals surface area (Å²) >= 11 is 1.79. The third kappa shape index (κ3) is 1.93. The van der Waals surface area contributed by atoms with Crippen molar-refractivity contribution in [1.82, 2.24) is 5.32 Å². The largest absolute Gasteiger partial charge is 0.391 e. The Morgan fingerprint density at radius 1 is 1.69 bits per heavy atom. The van der Waals surface area contributed by atoms with Crippen molar-refractivity contribution in [3.05, 3.63) is 21.9 Å². The lowest BCUT2D eigenvalue weighted by Crippen LogP contribution is -2.32. The molecule has 2 rings (SSSR count). The average molecular weight is 197 g/mol. The van der Waals surface area contributed by atoms with Crippen LogP contribution in [0.15, 0.2) is 11.4 Å². The van der Waals surface area contributed by atoms with Crippen LogP contribution in [0.5, 0.6) is 0 Å². The van der Waals surface area contributed by atoms with Gasteiger partial charge in [0.05, 0.1) is 6.10 Å². The van der Waals surface area contributed by atoms with Crippen LogP contribution in [0.25, 0.3) is 0 Å². The highest BCUT2D eigenvalue weighted by Gasteiger charge is 2.25. The van der Waals surface area contributed by atoms with E-state index in [0.717, 1.165) is 19.4 Å². The molecule has 1 saturated heterocycles. The molecule has 0 aromatic carbocycles. The number of rotatable bonds is 2. The zero-order valence-electron chi connectivity index (χ0n) is 7.79. The zero-order chi connectivity index (χ0) is 9.26. The van der Waals surface area contributed by atoms with Gasteiger partial charge in [0.2, 0.25) is 0 Å². The Morgan fingerprint density at radius 2 is 2.54 bits per heavy atom. The van der Waals surface area contributed by atoms with E-state index < -0.39 is 0 Å². The van der Waals surface area contributed by atoms with Crippen LogP contribution in [-0.4, -0.2) is 23.8 Å². The third-order valence-electron chi connectivity index (χ3n) is 2.68. The summed E-state index contributed by atoms with van der Waals surface area (Å²) in [4.78, 5) is 1.40. The number of aliphatic hydroxyl groups is 1. The smallest absolute Gasteiger partial charge is 0.0708 e. The van der Waals surface area contributed by atoms with Gasteiger partial charge in [-0.3, -0.25) is 0 Å². The van der Waals surface area contributed by atoms with Gasteiger partial charge in [0.1, 0.15) is 0 Å². The molecule has 1 aromatic heterocycles. The second kappa shape index (κ2) is 3.78. The first-order valence-electron chi connectivity index (χ1n) is 4.72. The van der Waals surface area contributed by atoms with Crippen molar-refractivity contribution in [3.8, 4) is 0 Å². The van der Waals surface area contributed by atoms with Gasteiger partial charge < -0.3 is 10.4 Å². The van der Waals surface area contributed by atoms with Crippen LogP contribution in [0, 0.1) is 6.92 Å². The number of aryl methyl sites for hydroxylation is 1. The van der Waals surface area contributed by atoms with Crippen molar-refractivity contribution in [2.24, 2.45) is 0 Å². The number of thiophene rings is 1. The van der Waals surface area contributed by atoms with Crippen molar-refractivity contribution in [1.29, 1.82) is 0 Å². The molecule has 1 fully saturated rings. The summed E-state index contributed by atoms with van der Waals surface area (Å²) in [5.41, 5.74) is 1.35. The van der Waals surface area contributed by atoms with Gasteiger partial charge in [0, 0.05) is 10.9 Å². The predicted molar refractivity (Wildman–Crippen MR) is 55.2 cm³/mol. The minimum atomic E-state index is -0.151. The average Bonchev–Trinajstić information content (AvgIpc) is 2.65. The van der Waals surface area contributed by atoms with Crippen LogP contribution >= 0.6 is 11.3 Å². The molecule has 0 bridgehead atoms. The summed E-state index contributed by atoms with van der Waals surface area (Å²) in [6, 6.07) is 2.42. The van der Waals surface area contributed by atoms with Crippen LogP contribution in [0.4, 0.5) is 0 Å². The maximum atomic E-state index is 9.62. The van der Waals surface area contributed by atoms with Gasteiger partial charge in [-0.05, 0) is 43.3 Å². The monoisotopic (exact) mass is 197 g/mol. The molecule has 2 heterocycles. The Labute approximate surface area is 82.6 Å². The highest BCUT2D eigenvalue weighted by atomic mass is 32.1. The first kappa shape index (κ1) is 9.19. The maximum Gasteiger partial charge on any atom is 0.0708 e. The molecule has 1 aliphatic heterocycles. The lowest BCUT2D eigenvalue weighted by atomic mass is 10.1. The Balaban J connectivity index is 2.01. The van der Waals surface area contributed by atoms with E-state index in [1.54, 1.807) is 11.3 Å². The lowest BCUT2D eigenvalue weighted by molar-refractivity contribution is 0.159. The summed E-state index contributed by atoms with van der Waals surface area (Å²) < 4.78 is 0. The summed E-state index contributed by atoms with van der Waals surface area (Å²) in [6.45, 7) is 3.09. The fraction of sp³-hybridized carbons (Fsp3) is 0.600. The minimum Gasteiger partial charge on any atom is -0.391 e. The summed E-state index contributed by atoms with van der Waals surface area (Å²) in [6.07, 6.45) is 1.72. The van der Waals surface area contributed by atoms with Crippen LogP contribution < -0.4 is 5.32 Å². The highest BCUT2D eigenvalue weighted by Crippen LogP contribution is 2.20. The van der Waals surface area contributed by atoms with Crippen molar-refractivity contribution < 1.29 is 5.11 Å². The van der Waals surface area contributed by atoms with Crippen LogP contribution in [0.3, 0.4) is 0 Å². The lowest BCUT2D eigenvalue weighted by Gasteiger charge is -2.13. The van der Waals surface area contributed by atoms with Crippen LogP contribution in [-0.2, 0) is 6.42 Å². The van der Waals surface area contributed by atoms with E-state index in [9.17, 15) is 5.11 Å². The van der Waals surface area contributed by atoms with E-state index >= 15 is 0 Å². The van der Waals surface area contributed by atoms with E-state index in [1.165, 1.54) is 10.4 Å². The number of aliphatic hydroxyl groups excluding tert-OH is 1. The second-order valence-corrected chi connectivity index (χ2v) is 4.65. The summed E-state index contributed by atoms with van der Waals surface area (Å²) in [5, 5.41) is 15.1. The Hall–Kier alpha value is -0.380. The molecule has 2 unspecified atom stereocenters. The molecular formula is C10H15NOS. The number of hydrogen-bond acceptors (Lipinski definition) is 3. The summed E-state index contributed by atoms with van der Waals surface area (Å²) in [5.74, 6) is 0. The van der Waals surface area contributed by atoms with E-state index in [0.29, 0.717) is 0 Å². The van der Waals surface area contributed by atoms with Crippen molar-refractivity contribution in [2.75, 3.05) is 6.54 Å². The van der Waals surface area contributed by atoms with Crippen LogP contribution in [0.2, 0.25) is 0 Å². The Bertz CT molecular complexity index is 284. The molecule has 0 amide bonds. The van der Waals surface area contributed by atoms with Gasteiger partial charge in [-0.15, -0.1) is 11.3 Å². The molecule has 0 radical (unpaired) electrons. The molecule has 1 aromatic rings. The molecule has 0 spiro atoms. The molecule has 0 saturated carbocycles. The van der Waals surface area contributed by atoms with Gasteiger partial charge >= 0.3 is 0 Å². The number of nitrogens with one attached hydrogen (secondary N) is 1. The Morgan fingerprint density at radius 3 is 3.08 bits per heavy atom. The minimum absolute atomic E-state index is 0.151. The van der Waals surface area contributed by atoms with E-state index in [2.05, 4.69) is 23.7 Å². The SMILES string of the molecule is Cc1ccsc1CC1NCCC1O. The van der Waals surface area contributed by atoms with Gasteiger partial charge in [-0.25, -0.2) is 0 Å². The van der Waals surface area contributed by atoms with Crippen molar-refractivity contribution in [2.45, 2.75) is 31.9 Å². The first-order valence-corrected chi connectivity index (χ1v) is 5.60. The zero-order valence-corrected chi connectivity index (χ0v) is 8.60. The molecule has 13 heavy (non-hydrogen) atoms. The van der Waals surface area contributed by atoms with E-state index in [4.69, 9.17) is 0 Å². The summed E-state index contributed by atoms with van der Waals surface area (Å²) in [7, 11) is 0. The quantitative estimate of drug-likeness (QED) is 0.749. The molecule has 2 N–H and O–H groups in total. The molecular weight excluding hydrogens is 182 g/mol. The fourth-order valence-electron chi connectivity index (χ4n) is 1.77. The molecule has 0 aliphatic carbocycles. The van der Waals surface area contributed by atoms with E-state index in [-0.39, 0.29) is 12.1 Å². The van der Waals surface area contributed by atoms with Gasteiger partial charge in [0.25, 0.3) is 0 Å². The topological polar surface area (TPSA) is 32.3 Å². The van der Waals surface area contributed by atoms with Gasteiger partial charge in [0.15, 0.2) is 0 Å². The second-order valence-electron chi connectivity index (χ2n) is 3.65. The van der Waals surface area contributed by atoms with E-state index in [1.807, 2.05) is 0 Å². The first-order chi connectivity index (χ1) is 6.27. The van der Waals surface area contributed by atoms with Crippen LogP contribution in [0.1, 0.15) is 16.9 Å². The molecule has 1 aliphatic rings. The molecule has 2 atom stereocenters. The molecule has 2 nitrogen and oxygen atoms in total. The standard InChI is InChI=1S/C10H15NOS/c1-7-3-5-13-10(7)6-8-9(12)2-4-11-8/h3,5,8-9,11-12H,2,4,6H2,1H3. The fourth-order valence-corrected chi connectivity index (χ4v) is 2.74. The Kier molecular flexibility index (Phi) is 2.67. The highest BCUT2D eigenvalue weighted by molar-refractivity contribution is 7.10. The van der Waals surface area contributed by atoms with Crippen molar-refractivity contribution in [3.63, 3.8) is 0 Å². The van der Waals surface area contributed by atoms with Gasteiger partial charge in [-0.2, -0.15) is 0 Å². The molecule has 72 valence electrons.